The molecule has 0 aromatic carbocycles. The van der Waals surface area contributed by atoms with Gasteiger partial charge in [0, 0.05) is 18.9 Å². The first kappa shape index (κ1) is 8.84. The summed E-state index contributed by atoms with van der Waals surface area (Å²) in [5, 5.41) is 0. The highest BCUT2D eigenvalue weighted by Gasteiger charge is 2.15. The van der Waals surface area contributed by atoms with Crippen LogP contribution in [-0.2, 0) is 0 Å². The lowest BCUT2D eigenvalue weighted by Gasteiger charge is -2.13. The molecule has 1 atom stereocenters. The summed E-state index contributed by atoms with van der Waals surface area (Å²) in [5.41, 5.74) is 0. The summed E-state index contributed by atoms with van der Waals surface area (Å²) in [7, 11) is 0. The third-order valence-electron chi connectivity index (χ3n) is 1.99. The van der Waals surface area contributed by atoms with Crippen molar-refractivity contribution in [1.29, 1.82) is 0 Å². The summed E-state index contributed by atoms with van der Waals surface area (Å²) in [6, 6.07) is 1.91. The molecule has 4 heteroatoms. The van der Waals surface area contributed by atoms with Gasteiger partial charge in [-0.15, -0.1) is 0 Å². The third-order valence-corrected chi connectivity index (χ3v) is 2.83. The van der Waals surface area contributed by atoms with Gasteiger partial charge >= 0.3 is 0 Å². The van der Waals surface area contributed by atoms with E-state index in [4.69, 9.17) is 4.74 Å². The summed E-state index contributed by atoms with van der Waals surface area (Å²) in [5.74, 6) is 0.942. The largest absolute Gasteiger partial charge is 0.488 e. The molecule has 1 N–H and O–H groups in total. The zero-order chi connectivity index (χ0) is 9.10. The molecule has 2 heterocycles. The molecule has 0 saturated heterocycles. The van der Waals surface area contributed by atoms with Gasteiger partial charge in [-0.2, -0.15) is 0 Å². The molecular formula is C9H12N2OS. The summed E-state index contributed by atoms with van der Waals surface area (Å²) >= 11 is 1.59. The van der Waals surface area contributed by atoms with Crippen LogP contribution >= 0.6 is 11.9 Å². The molecule has 1 unspecified atom stereocenters. The van der Waals surface area contributed by atoms with Crippen LogP contribution in [0.25, 0.3) is 0 Å². The summed E-state index contributed by atoms with van der Waals surface area (Å²) in [6.45, 7) is 3.01. The maximum atomic E-state index is 5.78. The first-order valence-electron chi connectivity index (χ1n) is 4.40. The average Bonchev–Trinajstić information content (AvgIpc) is 2.38. The van der Waals surface area contributed by atoms with Crippen LogP contribution in [0.2, 0.25) is 0 Å². The minimum Gasteiger partial charge on any atom is -0.488 e. The SMILES string of the molecule is CCC1CNSc2cnccc2O1. The van der Waals surface area contributed by atoms with Crippen LogP contribution in [-0.4, -0.2) is 17.6 Å². The Morgan fingerprint density at radius 2 is 2.69 bits per heavy atom. The highest BCUT2D eigenvalue weighted by molar-refractivity contribution is 7.97. The van der Waals surface area contributed by atoms with Gasteiger partial charge < -0.3 is 4.74 Å². The second-order valence-electron chi connectivity index (χ2n) is 2.92. The number of nitrogens with zero attached hydrogens (tertiary/aromatic N) is 1. The first-order chi connectivity index (χ1) is 6.40. The van der Waals surface area contributed by atoms with E-state index in [-0.39, 0.29) is 6.10 Å². The molecule has 70 valence electrons. The number of hydrogen-bond acceptors (Lipinski definition) is 4. The van der Waals surface area contributed by atoms with Crippen LogP contribution in [0.1, 0.15) is 13.3 Å². The quantitative estimate of drug-likeness (QED) is 0.695. The van der Waals surface area contributed by atoms with E-state index in [0.29, 0.717) is 0 Å². The van der Waals surface area contributed by atoms with Crippen molar-refractivity contribution in [3.8, 4) is 5.75 Å². The predicted molar refractivity (Wildman–Crippen MR) is 52.8 cm³/mol. The Morgan fingerprint density at radius 3 is 3.54 bits per heavy atom. The summed E-state index contributed by atoms with van der Waals surface area (Å²) < 4.78 is 9.04. The van der Waals surface area contributed by atoms with Crippen molar-refractivity contribution in [2.75, 3.05) is 6.54 Å². The van der Waals surface area contributed by atoms with Gasteiger partial charge in [0.15, 0.2) is 0 Å². The molecule has 0 amide bonds. The monoisotopic (exact) mass is 196 g/mol. The van der Waals surface area contributed by atoms with Crippen molar-refractivity contribution in [1.82, 2.24) is 9.71 Å². The van der Waals surface area contributed by atoms with Crippen molar-refractivity contribution >= 4 is 11.9 Å². The van der Waals surface area contributed by atoms with Crippen molar-refractivity contribution in [3.05, 3.63) is 18.5 Å². The number of hydrogen-bond donors (Lipinski definition) is 1. The van der Waals surface area contributed by atoms with Gasteiger partial charge in [0.25, 0.3) is 0 Å². The highest BCUT2D eigenvalue weighted by atomic mass is 32.2. The fraction of sp³-hybridized carbons (Fsp3) is 0.444. The molecule has 1 aliphatic heterocycles. The molecule has 0 radical (unpaired) electrons. The molecule has 13 heavy (non-hydrogen) atoms. The van der Waals surface area contributed by atoms with Crippen LogP contribution in [0.3, 0.4) is 0 Å². The van der Waals surface area contributed by atoms with E-state index < -0.39 is 0 Å². The van der Waals surface area contributed by atoms with E-state index >= 15 is 0 Å². The lowest BCUT2D eigenvalue weighted by Crippen LogP contribution is -2.25. The van der Waals surface area contributed by atoms with Crippen molar-refractivity contribution in [2.45, 2.75) is 24.3 Å². The lowest BCUT2D eigenvalue weighted by atomic mass is 10.3. The van der Waals surface area contributed by atoms with E-state index in [0.717, 1.165) is 23.6 Å². The topological polar surface area (TPSA) is 34.2 Å². The minimum absolute atomic E-state index is 0.274. The zero-order valence-corrected chi connectivity index (χ0v) is 8.30. The Bertz CT molecular complexity index is 293. The Hall–Kier alpha value is -0.740. The number of pyridine rings is 1. The standard InChI is InChI=1S/C9H12N2OS/c1-2-7-5-11-13-9-6-10-4-3-8(9)12-7/h3-4,6-7,11H,2,5H2,1H3. The maximum Gasteiger partial charge on any atom is 0.137 e. The second kappa shape index (κ2) is 3.98. The normalized spacial score (nSPS) is 21.5. The van der Waals surface area contributed by atoms with Gasteiger partial charge in [-0.1, -0.05) is 6.92 Å². The van der Waals surface area contributed by atoms with Crippen LogP contribution in [0.4, 0.5) is 0 Å². The van der Waals surface area contributed by atoms with Crippen LogP contribution in [0, 0.1) is 0 Å². The smallest absolute Gasteiger partial charge is 0.137 e. The van der Waals surface area contributed by atoms with Gasteiger partial charge in [0.05, 0.1) is 4.90 Å². The van der Waals surface area contributed by atoms with Gasteiger partial charge in [-0.05, 0) is 24.4 Å². The summed E-state index contributed by atoms with van der Waals surface area (Å²) in [4.78, 5) is 5.12. The van der Waals surface area contributed by atoms with Crippen LogP contribution in [0.5, 0.6) is 5.75 Å². The van der Waals surface area contributed by atoms with Crippen molar-refractivity contribution < 1.29 is 4.74 Å². The molecule has 3 nitrogen and oxygen atoms in total. The lowest BCUT2D eigenvalue weighted by molar-refractivity contribution is 0.200. The highest BCUT2D eigenvalue weighted by Crippen LogP contribution is 2.29. The average molecular weight is 196 g/mol. The van der Waals surface area contributed by atoms with Gasteiger partial charge in [0.2, 0.25) is 0 Å². The van der Waals surface area contributed by atoms with Crippen molar-refractivity contribution in [3.63, 3.8) is 0 Å². The number of fused-ring (bicyclic) bond motifs is 1. The Balaban J connectivity index is 2.23. The van der Waals surface area contributed by atoms with Crippen LogP contribution in [0.15, 0.2) is 23.4 Å². The van der Waals surface area contributed by atoms with E-state index in [2.05, 4.69) is 16.6 Å². The Kier molecular flexibility index (Phi) is 2.71. The fourth-order valence-corrected chi connectivity index (χ4v) is 1.96. The second-order valence-corrected chi connectivity index (χ2v) is 3.85. The van der Waals surface area contributed by atoms with E-state index in [9.17, 15) is 0 Å². The van der Waals surface area contributed by atoms with Gasteiger partial charge in [-0.3, -0.25) is 9.71 Å². The van der Waals surface area contributed by atoms with E-state index in [1.165, 1.54) is 0 Å². The maximum absolute atomic E-state index is 5.78. The van der Waals surface area contributed by atoms with E-state index in [1.54, 1.807) is 18.1 Å². The number of aromatic nitrogens is 1. The Morgan fingerprint density at radius 1 is 1.77 bits per heavy atom. The first-order valence-corrected chi connectivity index (χ1v) is 5.22. The third kappa shape index (κ3) is 1.95. The molecule has 0 aliphatic carbocycles. The molecule has 1 aromatic heterocycles. The van der Waals surface area contributed by atoms with Crippen molar-refractivity contribution in [2.24, 2.45) is 0 Å². The summed E-state index contributed by atoms with van der Waals surface area (Å²) in [6.07, 6.45) is 4.88. The molecule has 0 saturated carbocycles. The van der Waals surface area contributed by atoms with E-state index in [1.807, 2.05) is 12.3 Å². The zero-order valence-electron chi connectivity index (χ0n) is 7.49. The molecule has 1 aliphatic rings. The molecule has 0 spiro atoms. The molecule has 1 aromatic rings. The predicted octanol–water partition coefficient (Wildman–Crippen LogP) is 1.85. The number of nitrogens with one attached hydrogen (secondary N) is 1. The molecule has 0 fully saturated rings. The number of ether oxygens (including phenoxy) is 1. The fourth-order valence-electron chi connectivity index (χ4n) is 1.20. The molecule has 2 rings (SSSR count). The van der Waals surface area contributed by atoms with Gasteiger partial charge in [-0.25, -0.2) is 0 Å². The minimum atomic E-state index is 0.274. The number of rotatable bonds is 1. The van der Waals surface area contributed by atoms with Gasteiger partial charge in [0.1, 0.15) is 11.9 Å². The molecular weight excluding hydrogens is 184 g/mol. The van der Waals surface area contributed by atoms with Crippen LogP contribution < -0.4 is 9.46 Å². The molecule has 0 bridgehead atoms. The Labute approximate surface area is 82.0 Å².